The zero-order valence-corrected chi connectivity index (χ0v) is 11.4. The van der Waals surface area contributed by atoms with E-state index in [9.17, 15) is 4.39 Å². The number of nitrogens with one attached hydrogen (secondary N) is 1. The van der Waals surface area contributed by atoms with E-state index in [-0.39, 0.29) is 5.82 Å². The van der Waals surface area contributed by atoms with Crippen molar-refractivity contribution in [2.45, 2.75) is 19.9 Å². The molecule has 102 valence electrons. The molecule has 4 heteroatoms. The first-order chi connectivity index (χ1) is 8.69. The minimum atomic E-state index is -0.203. The summed E-state index contributed by atoms with van der Waals surface area (Å²) in [7, 11) is 1.71. The topological polar surface area (TPSA) is 24.5 Å². The van der Waals surface area contributed by atoms with Crippen LogP contribution < -0.4 is 5.32 Å². The van der Waals surface area contributed by atoms with E-state index >= 15 is 0 Å². The number of benzene rings is 1. The van der Waals surface area contributed by atoms with Crippen molar-refractivity contribution in [3.63, 3.8) is 0 Å². The first-order valence-electron chi connectivity index (χ1n) is 6.40. The number of halogens is 1. The lowest BCUT2D eigenvalue weighted by atomic mass is 10.3. The molecule has 1 rings (SSSR count). The van der Waals surface area contributed by atoms with Crippen LogP contribution in [0.2, 0.25) is 0 Å². The predicted octanol–water partition coefficient (Wildman–Crippen LogP) is 2.59. The zero-order valence-electron chi connectivity index (χ0n) is 11.4. The standard InChI is InChI=1S/C14H23FN2O/c1-4-17(12(2)11-18-3)10-9-16-14-8-6-5-7-13(14)15/h5-8,12,16H,4,9-11H2,1-3H3. The quantitative estimate of drug-likeness (QED) is 0.771. The Bertz CT molecular complexity index is 346. The average molecular weight is 254 g/mol. The van der Waals surface area contributed by atoms with E-state index in [0.29, 0.717) is 18.3 Å². The maximum absolute atomic E-state index is 13.4. The van der Waals surface area contributed by atoms with Crippen LogP contribution in [0.1, 0.15) is 13.8 Å². The molecule has 0 saturated carbocycles. The largest absolute Gasteiger partial charge is 0.383 e. The Morgan fingerprint density at radius 1 is 1.39 bits per heavy atom. The van der Waals surface area contributed by atoms with Crippen molar-refractivity contribution in [2.24, 2.45) is 0 Å². The summed E-state index contributed by atoms with van der Waals surface area (Å²) in [4.78, 5) is 2.30. The third kappa shape index (κ3) is 4.63. The Hall–Kier alpha value is -1.13. The number of hydrogen-bond acceptors (Lipinski definition) is 3. The second-order valence-electron chi connectivity index (χ2n) is 4.34. The second-order valence-corrected chi connectivity index (χ2v) is 4.34. The first-order valence-corrected chi connectivity index (χ1v) is 6.40. The Morgan fingerprint density at radius 3 is 2.72 bits per heavy atom. The maximum atomic E-state index is 13.4. The van der Waals surface area contributed by atoms with Crippen LogP contribution in [0.25, 0.3) is 0 Å². The number of hydrogen-bond donors (Lipinski definition) is 1. The molecular weight excluding hydrogens is 231 g/mol. The molecule has 0 aliphatic carbocycles. The Balaban J connectivity index is 2.38. The zero-order chi connectivity index (χ0) is 13.4. The van der Waals surface area contributed by atoms with Crippen LogP contribution in [0.4, 0.5) is 10.1 Å². The van der Waals surface area contributed by atoms with Crippen LogP contribution in [0.5, 0.6) is 0 Å². The molecule has 1 atom stereocenters. The number of likely N-dealkylation sites (N-methyl/N-ethyl adjacent to an activating group) is 1. The molecule has 0 saturated heterocycles. The molecule has 3 nitrogen and oxygen atoms in total. The summed E-state index contributed by atoms with van der Waals surface area (Å²) >= 11 is 0. The van der Waals surface area contributed by atoms with Crippen molar-refractivity contribution in [2.75, 3.05) is 38.7 Å². The minimum absolute atomic E-state index is 0.203. The van der Waals surface area contributed by atoms with Crippen LogP contribution in [0.3, 0.4) is 0 Å². The van der Waals surface area contributed by atoms with Crippen molar-refractivity contribution in [3.05, 3.63) is 30.1 Å². The van der Waals surface area contributed by atoms with Gasteiger partial charge in [-0.2, -0.15) is 0 Å². The van der Waals surface area contributed by atoms with Gasteiger partial charge in [-0.25, -0.2) is 4.39 Å². The number of rotatable bonds is 8. The lowest BCUT2D eigenvalue weighted by molar-refractivity contribution is 0.105. The summed E-state index contributed by atoms with van der Waals surface area (Å²) in [6, 6.07) is 7.12. The number of ether oxygens (including phenoxy) is 1. The summed E-state index contributed by atoms with van der Waals surface area (Å²) in [5.74, 6) is -0.203. The molecule has 1 unspecified atom stereocenters. The van der Waals surface area contributed by atoms with Crippen LogP contribution in [0, 0.1) is 5.82 Å². The van der Waals surface area contributed by atoms with Gasteiger partial charge in [0, 0.05) is 26.2 Å². The van der Waals surface area contributed by atoms with Crippen LogP contribution in [0.15, 0.2) is 24.3 Å². The van der Waals surface area contributed by atoms with Crippen molar-refractivity contribution in [1.82, 2.24) is 4.90 Å². The molecule has 0 aliphatic rings. The van der Waals surface area contributed by atoms with Crippen molar-refractivity contribution >= 4 is 5.69 Å². The molecule has 0 heterocycles. The van der Waals surface area contributed by atoms with Gasteiger partial charge in [-0.05, 0) is 25.6 Å². The van der Waals surface area contributed by atoms with Gasteiger partial charge >= 0.3 is 0 Å². The smallest absolute Gasteiger partial charge is 0.146 e. The monoisotopic (exact) mass is 254 g/mol. The van der Waals surface area contributed by atoms with Crippen molar-refractivity contribution < 1.29 is 9.13 Å². The fourth-order valence-corrected chi connectivity index (χ4v) is 1.98. The van der Waals surface area contributed by atoms with E-state index in [0.717, 1.165) is 19.6 Å². The molecule has 1 aromatic rings. The molecule has 0 radical (unpaired) electrons. The van der Waals surface area contributed by atoms with Gasteiger partial charge in [0.25, 0.3) is 0 Å². The molecule has 0 bridgehead atoms. The maximum Gasteiger partial charge on any atom is 0.146 e. The van der Waals surface area contributed by atoms with Gasteiger partial charge in [0.1, 0.15) is 5.82 Å². The highest BCUT2D eigenvalue weighted by Gasteiger charge is 2.11. The Kier molecular flexibility index (Phi) is 6.68. The van der Waals surface area contributed by atoms with E-state index in [1.54, 1.807) is 19.2 Å². The van der Waals surface area contributed by atoms with Gasteiger partial charge in [0.15, 0.2) is 0 Å². The molecular formula is C14H23FN2O. The molecule has 1 aromatic carbocycles. The Labute approximate surface area is 109 Å². The number of para-hydroxylation sites is 1. The molecule has 1 N–H and O–H groups in total. The minimum Gasteiger partial charge on any atom is -0.383 e. The van der Waals surface area contributed by atoms with E-state index in [1.165, 1.54) is 6.07 Å². The highest BCUT2D eigenvalue weighted by molar-refractivity contribution is 5.44. The molecule has 18 heavy (non-hydrogen) atoms. The summed E-state index contributed by atoms with van der Waals surface area (Å²) in [6.07, 6.45) is 0. The molecule has 0 aromatic heterocycles. The van der Waals surface area contributed by atoms with E-state index in [1.807, 2.05) is 6.07 Å². The molecule has 0 amide bonds. The summed E-state index contributed by atoms with van der Waals surface area (Å²) in [5.41, 5.74) is 0.563. The number of methoxy groups -OCH3 is 1. The predicted molar refractivity (Wildman–Crippen MR) is 73.5 cm³/mol. The summed E-state index contributed by atoms with van der Waals surface area (Å²) in [5, 5.41) is 3.12. The lowest BCUT2D eigenvalue weighted by Crippen LogP contribution is -2.39. The lowest BCUT2D eigenvalue weighted by Gasteiger charge is -2.27. The van der Waals surface area contributed by atoms with Gasteiger partial charge < -0.3 is 10.1 Å². The molecule has 0 spiro atoms. The molecule has 0 aliphatic heterocycles. The van der Waals surface area contributed by atoms with Crippen LogP contribution in [-0.4, -0.2) is 44.3 Å². The third-order valence-electron chi connectivity index (χ3n) is 3.03. The molecule has 0 fully saturated rings. The second kappa shape index (κ2) is 8.06. The normalized spacial score (nSPS) is 12.7. The fourth-order valence-electron chi connectivity index (χ4n) is 1.98. The van der Waals surface area contributed by atoms with E-state index in [4.69, 9.17) is 4.74 Å². The highest BCUT2D eigenvalue weighted by Crippen LogP contribution is 2.11. The summed E-state index contributed by atoms with van der Waals surface area (Å²) < 4.78 is 18.5. The van der Waals surface area contributed by atoms with Gasteiger partial charge in [0.05, 0.1) is 12.3 Å². The van der Waals surface area contributed by atoms with Crippen LogP contribution >= 0.6 is 0 Å². The third-order valence-corrected chi connectivity index (χ3v) is 3.03. The van der Waals surface area contributed by atoms with E-state index < -0.39 is 0 Å². The Morgan fingerprint density at radius 2 is 2.11 bits per heavy atom. The van der Waals surface area contributed by atoms with Gasteiger partial charge in [0.2, 0.25) is 0 Å². The van der Waals surface area contributed by atoms with Gasteiger partial charge in [-0.3, -0.25) is 4.90 Å². The van der Waals surface area contributed by atoms with Crippen molar-refractivity contribution in [1.29, 1.82) is 0 Å². The summed E-state index contributed by atoms with van der Waals surface area (Å²) in [6.45, 7) is 7.53. The average Bonchev–Trinajstić information content (AvgIpc) is 2.37. The van der Waals surface area contributed by atoms with E-state index in [2.05, 4.69) is 24.1 Å². The number of anilines is 1. The highest BCUT2D eigenvalue weighted by atomic mass is 19.1. The van der Waals surface area contributed by atoms with Gasteiger partial charge in [-0.15, -0.1) is 0 Å². The first kappa shape index (κ1) is 14.9. The SMILES string of the molecule is CCN(CCNc1ccccc1F)C(C)COC. The fraction of sp³-hybridized carbons (Fsp3) is 0.571. The van der Waals surface area contributed by atoms with Crippen LogP contribution in [-0.2, 0) is 4.74 Å². The van der Waals surface area contributed by atoms with Crippen molar-refractivity contribution in [3.8, 4) is 0 Å². The van der Waals surface area contributed by atoms with Gasteiger partial charge in [-0.1, -0.05) is 19.1 Å². The number of nitrogens with zero attached hydrogens (tertiary/aromatic N) is 1.